The van der Waals surface area contributed by atoms with Crippen LogP contribution in [0.3, 0.4) is 0 Å². The van der Waals surface area contributed by atoms with Crippen LogP contribution in [-0.2, 0) is 4.79 Å². The van der Waals surface area contributed by atoms with Crippen molar-refractivity contribution < 1.29 is 9.90 Å². The van der Waals surface area contributed by atoms with E-state index in [1.165, 1.54) is 0 Å². The Labute approximate surface area is 70.5 Å². The molecule has 3 heteroatoms. The monoisotopic (exact) mass is 174 g/mol. The van der Waals surface area contributed by atoms with Gasteiger partial charge in [-0.2, -0.15) is 0 Å². The van der Waals surface area contributed by atoms with E-state index in [-0.39, 0.29) is 29.7 Å². The summed E-state index contributed by atoms with van der Waals surface area (Å²) in [5, 5.41) is 9.11. The fourth-order valence-corrected chi connectivity index (χ4v) is 2.92. The van der Waals surface area contributed by atoms with Gasteiger partial charge < -0.3 is 5.11 Å². The Morgan fingerprint density at radius 2 is 2.36 bits per heavy atom. The number of Topliss-reactive ketones (excluding diaryl/α,β-unsaturated/α-hetero) is 1. The highest BCUT2D eigenvalue weighted by Crippen LogP contribution is 2.49. The molecule has 0 radical (unpaired) electrons. The average molecular weight is 175 g/mol. The van der Waals surface area contributed by atoms with Crippen LogP contribution in [0.1, 0.15) is 12.8 Å². The van der Waals surface area contributed by atoms with Gasteiger partial charge in [-0.15, -0.1) is 11.6 Å². The highest BCUT2D eigenvalue weighted by molar-refractivity contribution is 6.21. The molecule has 0 spiro atoms. The number of alkyl halides is 1. The molecule has 0 unspecified atom stereocenters. The van der Waals surface area contributed by atoms with Gasteiger partial charge in [-0.3, -0.25) is 4.79 Å². The Kier molecular flexibility index (Phi) is 1.69. The first-order chi connectivity index (χ1) is 5.24. The molecule has 0 heterocycles. The molecule has 2 saturated carbocycles. The first-order valence-corrected chi connectivity index (χ1v) is 4.45. The maximum Gasteiger partial charge on any atom is 0.136 e. The Balaban J connectivity index is 2.20. The van der Waals surface area contributed by atoms with E-state index in [0.29, 0.717) is 12.2 Å². The van der Waals surface area contributed by atoms with Crippen LogP contribution in [0.15, 0.2) is 0 Å². The molecular weight excluding hydrogens is 164 g/mol. The Bertz CT molecular complexity index is 193. The molecule has 0 aromatic carbocycles. The topological polar surface area (TPSA) is 37.3 Å². The molecule has 2 nitrogen and oxygen atoms in total. The van der Waals surface area contributed by atoms with Gasteiger partial charge in [-0.25, -0.2) is 0 Å². The van der Waals surface area contributed by atoms with Crippen molar-refractivity contribution in [3.05, 3.63) is 0 Å². The largest absolute Gasteiger partial charge is 0.396 e. The van der Waals surface area contributed by atoms with Crippen molar-refractivity contribution in [3.63, 3.8) is 0 Å². The zero-order chi connectivity index (χ0) is 8.01. The van der Waals surface area contributed by atoms with Crippen LogP contribution < -0.4 is 0 Å². The summed E-state index contributed by atoms with van der Waals surface area (Å²) in [6, 6.07) is 0. The van der Waals surface area contributed by atoms with E-state index in [2.05, 4.69) is 0 Å². The van der Waals surface area contributed by atoms with E-state index in [0.717, 1.165) is 6.42 Å². The Hall–Kier alpha value is -0.0800. The minimum absolute atomic E-state index is 0.0764. The van der Waals surface area contributed by atoms with Crippen LogP contribution in [0.2, 0.25) is 0 Å². The van der Waals surface area contributed by atoms with Crippen LogP contribution in [-0.4, -0.2) is 22.9 Å². The standard InChI is InChI=1S/C8H11ClO2/c9-7-1-5-6(3-10)4(7)2-8(5)11/h4-7,10H,1-3H2/t4-,5+,6+,7+/m0/s1. The summed E-state index contributed by atoms with van der Waals surface area (Å²) in [6.45, 7) is 0.129. The fraction of sp³-hybridized carbons (Fsp3) is 0.875. The second kappa shape index (κ2) is 2.46. The van der Waals surface area contributed by atoms with Crippen molar-refractivity contribution in [2.75, 3.05) is 6.61 Å². The first kappa shape index (κ1) is 7.56. The van der Waals surface area contributed by atoms with Gasteiger partial charge in [0.25, 0.3) is 0 Å². The van der Waals surface area contributed by atoms with E-state index in [9.17, 15) is 4.79 Å². The van der Waals surface area contributed by atoms with E-state index in [1.54, 1.807) is 0 Å². The molecule has 62 valence electrons. The highest BCUT2D eigenvalue weighted by atomic mass is 35.5. The third-order valence-electron chi connectivity index (χ3n) is 3.07. The maximum atomic E-state index is 11.2. The van der Waals surface area contributed by atoms with Gasteiger partial charge in [0.1, 0.15) is 5.78 Å². The number of halogens is 1. The maximum absolute atomic E-state index is 11.2. The van der Waals surface area contributed by atoms with Gasteiger partial charge in [0, 0.05) is 24.3 Å². The third-order valence-corrected chi connectivity index (χ3v) is 3.57. The molecule has 0 aromatic rings. The van der Waals surface area contributed by atoms with Crippen molar-refractivity contribution in [2.24, 2.45) is 17.8 Å². The van der Waals surface area contributed by atoms with E-state index in [1.807, 2.05) is 0 Å². The second-order valence-corrected chi connectivity index (χ2v) is 4.10. The van der Waals surface area contributed by atoms with Crippen molar-refractivity contribution in [3.8, 4) is 0 Å². The van der Waals surface area contributed by atoms with Gasteiger partial charge in [-0.1, -0.05) is 0 Å². The number of hydrogen-bond acceptors (Lipinski definition) is 2. The summed E-state index contributed by atoms with van der Waals surface area (Å²) in [6.07, 6.45) is 1.39. The predicted molar refractivity (Wildman–Crippen MR) is 41.4 cm³/mol. The predicted octanol–water partition coefficient (Wildman–Crippen LogP) is 0.811. The summed E-state index contributed by atoms with van der Waals surface area (Å²) in [5.41, 5.74) is 0. The van der Waals surface area contributed by atoms with Crippen molar-refractivity contribution >= 4 is 17.4 Å². The molecule has 2 fully saturated rings. The number of ketones is 1. The molecule has 0 amide bonds. The zero-order valence-electron chi connectivity index (χ0n) is 6.16. The lowest BCUT2D eigenvalue weighted by molar-refractivity contribution is -0.122. The van der Waals surface area contributed by atoms with E-state index >= 15 is 0 Å². The summed E-state index contributed by atoms with van der Waals surface area (Å²) in [4.78, 5) is 11.2. The molecule has 11 heavy (non-hydrogen) atoms. The van der Waals surface area contributed by atoms with Gasteiger partial charge in [0.15, 0.2) is 0 Å². The zero-order valence-corrected chi connectivity index (χ0v) is 6.92. The highest BCUT2D eigenvalue weighted by Gasteiger charge is 2.51. The molecule has 0 aliphatic heterocycles. The molecule has 2 aliphatic rings. The molecular formula is C8H11ClO2. The lowest BCUT2D eigenvalue weighted by Crippen LogP contribution is -2.16. The summed E-state index contributed by atoms with van der Waals surface area (Å²) in [7, 11) is 0. The van der Waals surface area contributed by atoms with Crippen LogP contribution in [0.4, 0.5) is 0 Å². The molecule has 2 bridgehead atoms. The molecule has 1 N–H and O–H groups in total. The molecule has 0 aromatic heterocycles. The fourth-order valence-electron chi connectivity index (χ4n) is 2.45. The quantitative estimate of drug-likeness (QED) is 0.598. The van der Waals surface area contributed by atoms with Crippen LogP contribution in [0, 0.1) is 17.8 Å². The van der Waals surface area contributed by atoms with Gasteiger partial charge in [-0.05, 0) is 18.3 Å². The number of carbonyl (C=O) groups is 1. The van der Waals surface area contributed by atoms with E-state index in [4.69, 9.17) is 16.7 Å². The smallest absolute Gasteiger partial charge is 0.136 e. The Morgan fingerprint density at radius 3 is 2.73 bits per heavy atom. The van der Waals surface area contributed by atoms with Crippen molar-refractivity contribution in [1.29, 1.82) is 0 Å². The lowest BCUT2D eigenvalue weighted by atomic mass is 9.99. The minimum Gasteiger partial charge on any atom is -0.396 e. The number of aliphatic hydroxyl groups is 1. The summed E-state index contributed by atoms with van der Waals surface area (Å²) >= 11 is 5.98. The Morgan fingerprint density at radius 1 is 1.64 bits per heavy atom. The van der Waals surface area contributed by atoms with Crippen molar-refractivity contribution in [2.45, 2.75) is 18.2 Å². The summed E-state index contributed by atoms with van der Waals surface area (Å²) < 4.78 is 0. The number of rotatable bonds is 1. The number of carbonyl (C=O) groups excluding carboxylic acids is 1. The SMILES string of the molecule is O=C1C[C@H]2[C@@H](CO)[C@H]1C[C@H]2Cl. The molecule has 2 aliphatic carbocycles. The minimum atomic E-state index is 0.0764. The van der Waals surface area contributed by atoms with E-state index < -0.39 is 0 Å². The van der Waals surface area contributed by atoms with Gasteiger partial charge in [0.05, 0.1) is 0 Å². The summed E-state index contributed by atoms with van der Waals surface area (Å²) in [5.74, 6) is 0.822. The molecule has 2 rings (SSSR count). The molecule has 0 saturated heterocycles. The lowest BCUT2D eigenvalue weighted by Gasteiger charge is -2.13. The van der Waals surface area contributed by atoms with Crippen LogP contribution in [0.25, 0.3) is 0 Å². The average Bonchev–Trinajstić information content (AvgIpc) is 2.42. The van der Waals surface area contributed by atoms with Gasteiger partial charge in [0.2, 0.25) is 0 Å². The molecule has 4 atom stereocenters. The third kappa shape index (κ3) is 0.926. The second-order valence-electron chi connectivity index (χ2n) is 3.54. The van der Waals surface area contributed by atoms with Crippen LogP contribution in [0.5, 0.6) is 0 Å². The first-order valence-electron chi connectivity index (χ1n) is 4.01. The normalized spacial score (nSPS) is 48.7. The van der Waals surface area contributed by atoms with Crippen molar-refractivity contribution in [1.82, 2.24) is 0 Å². The number of fused-ring (bicyclic) bond motifs is 2. The van der Waals surface area contributed by atoms with Gasteiger partial charge >= 0.3 is 0 Å². The number of hydrogen-bond donors (Lipinski definition) is 1. The number of aliphatic hydroxyl groups excluding tert-OH is 1. The van der Waals surface area contributed by atoms with Crippen LogP contribution >= 0.6 is 11.6 Å².